The van der Waals surface area contributed by atoms with Gasteiger partial charge >= 0.3 is 0 Å². The molecule has 0 bridgehead atoms. The highest BCUT2D eigenvalue weighted by Crippen LogP contribution is 2.32. The minimum absolute atomic E-state index is 0.124. The van der Waals surface area contributed by atoms with Crippen molar-refractivity contribution < 1.29 is 14.4 Å². The lowest BCUT2D eigenvalue weighted by molar-refractivity contribution is 0.0948. The quantitative estimate of drug-likeness (QED) is 0.541. The monoisotopic (exact) mass is 433 g/mol. The molecule has 0 unspecified atom stereocenters. The summed E-state index contributed by atoms with van der Waals surface area (Å²) in [6, 6.07) is 14.5. The van der Waals surface area contributed by atoms with Gasteiger partial charge in [-0.15, -0.1) is 11.3 Å². The molecule has 0 atom stereocenters. The molecule has 4 N–H and O–H groups in total. The highest BCUT2D eigenvalue weighted by molar-refractivity contribution is 7.17. The molecule has 3 aromatic rings. The first-order valence-corrected chi connectivity index (χ1v) is 10.9. The van der Waals surface area contributed by atoms with Crippen LogP contribution in [0.15, 0.2) is 48.5 Å². The van der Waals surface area contributed by atoms with E-state index >= 15 is 0 Å². The van der Waals surface area contributed by atoms with Crippen molar-refractivity contribution in [1.29, 1.82) is 0 Å². The lowest BCUT2D eigenvalue weighted by Crippen LogP contribution is -2.25. The van der Waals surface area contributed by atoms with Crippen LogP contribution in [0.2, 0.25) is 0 Å². The number of carbonyl (C=O) groups excluding carboxylic acids is 3. The second-order valence-corrected chi connectivity index (χ2v) is 8.87. The molecular formula is C24H23N3O3S. The highest BCUT2D eigenvalue weighted by Gasteiger charge is 2.24. The van der Waals surface area contributed by atoms with Gasteiger partial charge in [0, 0.05) is 27.7 Å². The number of nitrogens with one attached hydrogen (secondary N) is 2. The van der Waals surface area contributed by atoms with Crippen LogP contribution in [0.3, 0.4) is 0 Å². The Morgan fingerprint density at radius 1 is 0.903 bits per heavy atom. The van der Waals surface area contributed by atoms with E-state index in [0.29, 0.717) is 21.7 Å². The molecular weight excluding hydrogens is 410 g/mol. The Hall–Kier alpha value is -3.45. The summed E-state index contributed by atoms with van der Waals surface area (Å²) in [6.07, 6.45) is 2.04. The molecule has 1 aliphatic rings. The molecule has 158 valence electrons. The predicted octanol–water partition coefficient (Wildman–Crippen LogP) is 4.28. The summed E-state index contributed by atoms with van der Waals surface area (Å²) in [6.45, 7) is 3.83. The van der Waals surface area contributed by atoms with Gasteiger partial charge in [-0.1, -0.05) is 12.1 Å². The molecule has 0 saturated heterocycles. The third-order valence-electron chi connectivity index (χ3n) is 5.28. The number of thiophene rings is 1. The number of benzene rings is 2. The number of carbonyl (C=O) groups is 3. The standard InChI is InChI=1S/C24H23N3O3S/c1-13-3-5-15(22(25)28)11-18(13)20-9-10-21(31-20)24(30)27-19-12-16(6-4-14(19)2)23(29)26-17-7-8-17/h3-6,9-12,17H,7-8H2,1-2H3,(H2,25,28)(H,26,29)(H,27,30). The van der Waals surface area contributed by atoms with E-state index in [2.05, 4.69) is 10.6 Å². The molecule has 1 fully saturated rings. The van der Waals surface area contributed by atoms with Crippen LogP contribution in [0.4, 0.5) is 5.69 Å². The third kappa shape index (κ3) is 4.67. The number of primary amides is 1. The topological polar surface area (TPSA) is 101 Å². The van der Waals surface area contributed by atoms with Crippen LogP contribution in [0.25, 0.3) is 10.4 Å². The van der Waals surface area contributed by atoms with Crippen LogP contribution in [0.1, 0.15) is 54.4 Å². The van der Waals surface area contributed by atoms with Crippen molar-refractivity contribution in [3.05, 3.63) is 75.7 Å². The van der Waals surface area contributed by atoms with E-state index in [1.807, 2.05) is 32.0 Å². The summed E-state index contributed by atoms with van der Waals surface area (Å²) in [5.41, 5.74) is 9.69. The van der Waals surface area contributed by atoms with E-state index in [9.17, 15) is 14.4 Å². The lowest BCUT2D eigenvalue weighted by atomic mass is 10.0. The molecule has 4 rings (SSSR count). The van der Waals surface area contributed by atoms with Gasteiger partial charge in [0.1, 0.15) is 0 Å². The second kappa shape index (κ2) is 8.35. The molecule has 2 aromatic carbocycles. The third-order valence-corrected chi connectivity index (χ3v) is 6.40. The van der Waals surface area contributed by atoms with Crippen LogP contribution in [0, 0.1) is 13.8 Å². The zero-order chi connectivity index (χ0) is 22.1. The maximum atomic E-state index is 12.9. The Kier molecular flexibility index (Phi) is 5.61. The van der Waals surface area contributed by atoms with Crippen LogP contribution in [-0.2, 0) is 0 Å². The first kappa shape index (κ1) is 20.8. The molecule has 6 nitrogen and oxygen atoms in total. The summed E-state index contributed by atoms with van der Waals surface area (Å²) >= 11 is 1.34. The number of amides is 3. The van der Waals surface area contributed by atoms with Crippen molar-refractivity contribution in [2.75, 3.05) is 5.32 Å². The van der Waals surface area contributed by atoms with Crippen LogP contribution >= 0.6 is 11.3 Å². The van der Waals surface area contributed by atoms with E-state index in [1.54, 1.807) is 30.3 Å². The Morgan fingerprint density at radius 2 is 1.61 bits per heavy atom. The summed E-state index contributed by atoms with van der Waals surface area (Å²) in [5, 5.41) is 5.88. The fraction of sp³-hybridized carbons (Fsp3) is 0.208. The van der Waals surface area contributed by atoms with Gasteiger partial charge in [-0.05, 0) is 79.8 Å². The Morgan fingerprint density at radius 3 is 2.32 bits per heavy atom. The van der Waals surface area contributed by atoms with E-state index < -0.39 is 5.91 Å². The van der Waals surface area contributed by atoms with Crippen molar-refractivity contribution in [2.45, 2.75) is 32.7 Å². The van der Waals surface area contributed by atoms with E-state index in [4.69, 9.17) is 5.73 Å². The number of rotatable bonds is 6. The highest BCUT2D eigenvalue weighted by atomic mass is 32.1. The fourth-order valence-electron chi connectivity index (χ4n) is 3.22. The Bertz CT molecular complexity index is 1190. The van der Waals surface area contributed by atoms with Gasteiger partial charge in [-0.3, -0.25) is 14.4 Å². The maximum Gasteiger partial charge on any atom is 0.265 e. The first-order chi connectivity index (χ1) is 14.8. The minimum atomic E-state index is -0.489. The lowest BCUT2D eigenvalue weighted by Gasteiger charge is -2.10. The molecule has 0 radical (unpaired) electrons. The molecule has 1 heterocycles. The van der Waals surface area contributed by atoms with Crippen molar-refractivity contribution in [3.8, 4) is 10.4 Å². The van der Waals surface area contributed by atoms with Gasteiger partial charge in [0.15, 0.2) is 0 Å². The predicted molar refractivity (Wildman–Crippen MR) is 123 cm³/mol. The Labute approximate surface area is 184 Å². The normalized spacial score (nSPS) is 13.0. The van der Waals surface area contributed by atoms with E-state index in [0.717, 1.165) is 34.4 Å². The molecule has 7 heteroatoms. The number of anilines is 1. The van der Waals surface area contributed by atoms with Gasteiger partial charge in [0.05, 0.1) is 4.88 Å². The van der Waals surface area contributed by atoms with Crippen LogP contribution in [-0.4, -0.2) is 23.8 Å². The van der Waals surface area contributed by atoms with Gasteiger partial charge < -0.3 is 16.4 Å². The molecule has 0 spiro atoms. The molecule has 1 aliphatic carbocycles. The van der Waals surface area contributed by atoms with Crippen molar-refractivity contribution in [2.24, 2.45) is 5.73 Å². The van der Waals surface area contributed by atoms with Gasteiger partial charge in [-0.25, -0.2) is 0 Å². The SMILES string of the molecule is Cc1ccc(C(=O)NC2CC2)cc1NC(=O)c1ccc(-c2cc(C(N)=O)ccc2C)s1. The van der Waals surface area contributed by atoms with Crippen molar-refractivity contribution in [1.82, 2.24) is 5.32 Å². The summed E-state index contributed by atoms with van der Waals surface area (Å²) in [5.74, 6) is -0.860. The maximum absolute atomic E-state index is 12.9. The minimum Gasteiger partial charge on any atom is -0.366 e. The largest absolute Gasteiger partial charge is 0.366 e. The van der Waals surface area contributed by atoms with Crippen molar-refractivity contribution in [3.63, 3.8) is 0 Å². The summed E-state index contributed by atoms with van der Waals surface area (Å²) in [7, 11) is 0. The number of aryl methyl sites for hydroxylation is 2. The smallest absolute Gasteiger partial charge is 0.265 e. The number of hydrogen-bond donors (Lipinski definition) is 3. The van der Waals surface area contributed by atoms with Gasteiger partial charge in [-0.2, -0.15) is 0 Å². The average molecular weight is 434 g/mol. The first-order valence-electron chi connectivity index (χ1n) is 10.1. The van der Waals surface area contributed by atoms with E-state index in [-0.39, 0.29) is 17.9 Å². The fourth-order valence-corrected chi connectivity index (χ4v) is 4.21. The second-order valence-electron chi connectivity index (χ2n) is 7.79. The number of nitrogens with two attached hydrogens (primary N) is 1. The Balaban J connectivity index is 1.54. The molecule has 0 aliphatic heterocycles. The van der Waals surface area contributed by atoms with Gasteiger partial charge in [0.2, 0.25) is 5.91 Å². The summed E-state index contributed by atoms with van der Waals surface area (Å²) < 4.78 is 0. The number of hydrogen-bond acceptors (Lipinski definition) is 4. The van der Waals surface area contributed by atoms with Crippen molar-refractivity contribution >= 4 is 34.7 Å². The van der Waals surface area contributed by atoms with Crippen LogP contribution < -0.4 is 16.4 Å². The zero-order valence-corrected chi connectivity index (χ0v) is 18.1. The van der Waals surface area contributed by atoms with Gasteiger partial charge in [0.25, 0.3) is 11.8 Å². The molecule has 1 aromatic heterocycles. The van der Waals surface area contributed by atoms with Crippen LogP contribution in [0.5, 0.6) is 0 Å². The zero-order valence-electron chi connectivity index (χ0n) is 17.3. The average Bonchev–Trinajstić information content (AvgIpc) is 3.41. The molecule has 3 amide bonds. The van der Waals surface area contributed by atoms with E-state index in [1.165, 1.54) is 11.3 Å². The molecule has 31 heavy (non-hydrogen) atoms. The summed E-state index contributed by atoms with van der Waals surface area (Å²) in [4.78, 5) is 38.1. The molecule has 1 saturated carbocycles.